The van der Waals surface area contributed by atoms with Gasteiger partial charge in [-0.2, -0.15) is 0 Å². The van der Waals surface area contributed by atoms with E-state index in [9.17, 15) is 4.79 Å². The van der Waals surface area contributed by atoms with Crippen molar-refractivity contribution in [2.75, 3.05) is 0 Å². The lowest BCUT2D eigenvalue weighted by Crippen LogP contribution is -2.04. The van der Waals surface area contributed by atoms with Gasteiger partial charge in [-0.25, -0.2) is 0 Å². The molecule has 2 aliphatic carbocycles. The number of hydrogen-bond acceptors (Lipinski definition) is 2. The smallest absolute Gasteiger partial charge is 0.164 e. The van der Waals surface area contributed by atoms with E-state index in [1.165, 1.54) is 5.56 Å². The summed E-state index contributed by atoms with van der Waals surface area (Å²) < 4.78 is 0. The van der Waals surface area contributed by atoms with Crippen molar-refractivity contribution in [3.05, 3.63) is 66.6 Å². The van der Waals surface area contributed by atoms with Crippen LogP contribution in [0.3, 0.4) is 0 Å². The van der Waals surface area contributed by atoms with Crippen molar-refractivity contribution in [1.82, 2.24) is 0 Å². The molecule has 24 heavy (non-hydrogen) atoms. The topological polar surface area (TPSA) is 43.1 Å². The number of nitrogens with two attached hydrogens (primary N) is 1. The molecule has 0 heterocycles. The largest absolute Gasteiger partial charge is 0.324 e. The lowest BCUT2D eigenvalue weighted by molar-refractivity contribution is 0.0994. The van der Waals surface area contributed by atoms with Crippen LogP contribution in [0.1, 0.15) is 45.9 Å². The van der Waals surface area contributed by atoms with Gasteiger partial charge in [0.1, 0.15) is 0 Å². The third kappa shape index (κ3) is 3.58. The van der Waals surface area contributed by atoms with Crippen LogP contribution in [0.5, 0.6) is 0 Å². The van der Waals surface area contributed by atoms with Gasteiger partial charge in [-0.05, 0) is 60.2 Å². The van der Waals surface area contributed by atoms with Crippen LogP contribution in [0.4, 0.5) is 0 Å². The third-order valence-electron chi connectivity index (χ3n) is 4.34. The first-order valence-electron chi connectivity index (χ1n) is 7.61. The minimum absolute atomic E-state index is 0.121. The highest BCUT2D eigenvalue weighted by molar-refractivity contribution is 6.37. The maximum Gasteiger partial charge on any atom is 0.164 e. The molecule has 2 aliphatic rings. The number of hydrogen-bond donors (Lipinski definition) is 1. The van der Waals surface area contributed by atoms with E-state index in [2.05, 4.69) is 0 Å². The molecule has 0 amide bonds. The van der Waals surface area contributed by atoms with Gasteiger partial charge >= 0.3 is 0 Å². The predicted octanol–water partition coefficient (Wildman–Crippen LogP) is 6.06. The Morgan fingerprint density at radius 3 is 2.29 bits per heavy atom. The fraction of sp³-hybridized carbons (Fsp3) is 0.278. The first kappa shape index (κ1) is 18.0. The van der Waals surface area contributed by atoms with Crippen molar-refractivity contribution < 1.29 is 4.79 Å². The molecule has 0 fully saturated rings. The van der Waals surface area contributed by atoms with Crippen LogP contribution in [0.15, 0.2) is 24.3 Å². The summed E-state index contributed by atoms with van der Waals surface area (Å²) in [6, 6.07) is 7.25. The highest BCUT2D eigenvalue weighted by Crippen LogP contribution is 2.36. The van der Waals surface area contributed by atoms with E-state index in [4.69, 9.17) is 52.1 Å². The lowest BCUT2D eigenvalue weighted by atomic mass is 10.1. The van der Waals surface area contributed by atoms with Gasteiger partial charge in [0.15, 0.2) is 5.78 Å². The molecule has 2 nitrogen and oxygen atoms in total. The molecule has 0 saturated carbocycles. The van der Waals surface area contributed by atoms with Crippen molar-refractivity contribution in [2.45, 2.75) is 31.7 Å². The van der Waals surface area contributed by atoms with E-state index < -0.39 is 0 Å². The Labute approximate surface area is 160 Å². The Hall–Kier alpha value is -0.770. The normalized spacial score (nSPS) is 18.0. The number of carbonyl (C=O) groups excluding carboxylic acids is 1. The highest BCUT2D eigenvalue weighted by atomic mass is 35.5. The zero-order chi connectivity index (χ0) is 17.4. The van der Waals surface area contributed by atoms with Gasteiger partial charge in [-0.15, -0.1) is 0 Å². The first-order valence-corrected chi connectivity index (χ1v) is 9.12. The second kappa shape index (κ2) is 7.23. The molecule has 4 rings (SSSR count). The predicted molar refractivity (Wildman–Crippen MR) is 101 cm³/mol. The number of fused-ring (bicyclic) bond motifs is 2. The van der Waals surface area contributed by atoms with Gasteiger partial charge in [-0.3, -0.25) is 4.79 Å². The van der Waals surface area contributed by atoms with Crippen LogP contribution < -0.4 is 5.73 Å². The minimum Gasteiger partial charge on any atom is -0.324 e. The minimum atomic E-state index is 0.121. The van der Waals surface area contributed by atoms with Crippen LogP contribution in [0, 0.1) is 0 Å². The SMILES string of the molecule is NC1CCc2c(Cl)cc(Cl)cc21.O=C1CCc2cc(Cl)cc(Cl)c21. The number of Topliss-reactive ketones (excluding diaryl/α,β-unsaturated/α-hetero) is 1. The number of carbonyl (C=O) groups is 1. The molecule has 1 unspecified atom stereocenters. The van der Waals surface area contributed by atoms with Gasteiger partial charge in [0.05, 0.1) is 5.02 Å². The molecule has 0 aromatic heterocycles. The van der Waals surface area contributed by atoms with E-state index >= 15 is 0 Å². The monoisotopic (exact) mass is 401 g/mol. The Morgan fingerprint density at radius 2 is 1.54 bits per heavy atom. The highest BCUT2D eigenvalue weighted by Gasteiger charge is 2.23. The summed E-state index contributed by atoms with van der Waals surface area (Å²) in [5, 5.41) is 2.52. The Bertz CT molecular complexity index is 819. The first-order chi connectivity index (χ1) is 11.4. The molecule has 2 N–H and O–H groups in total. The summed E-state index contributed by atoms with van der Waals surface area (Å²) in [7, 11) is 0. The van der Waals surface area contributed by atoms with Crippen molar-refractivity contribution in [3.63, 3.8) is 0 Å². The second-order valence-corrected chi connectivity index (χ2v) is 7.63. The molecule has 0 radical (unpaired) electrons. The zero-order valence-electron chi connectivity index (χ0n) is 12.7. The number of aryl methyl sites for hydroxylation is 1. The molecular weight excluding hydrogens is 388 g/mol. The fourth-order valence-corrected chi connectivity index (χ4v) is 4.43. The molecule has 0 aliphatic heterocycles. The summed E-state index contributed by atoms with van der Waals surface area (Å²) in [5.74, 6) is 0.131. The number of halogens is 4. The molecule has 6 heteroatoms. The molecule has 0 saturated heterocycles. The molecular formula is C18H15Cl4NO. The van der Waals surface area contributed by atoms with Crippen molar-refractivity contribution in [2.24, 2.45) is 5.73 Å². The summed E-state index contributed by atoms with van der Waals surface area (Å²) >= 11 is 23.5. The number of benzene rings is 2. The standard InChI is InChI=1S/C9H9Cl2N.C9H6Cl2O/c10-5-3-7-6(8(11)4-5)1-2-9(7)12;10-6-3-5-1-2-8(12)9(5)7(11)4-6/h3-4,9H,1-2,12H2;3-4H,1-2H2. The summed E-state index contributed by atoms with van der Waals surface area (Å²) in [4.78, 5) is 11.3. The fourth-order valence-electron chi connectivity index (χ4n) is 3.18. The lowest BCUT2D eigenvalue weighted by Gasteiger charge is -2.05. The van der Waals surface area contributed by atoms with E-state index in [1.54, 1.807) is 12.1 Å². The van der Waals surface area contributed by atoms with Gasteiger partial charge in [-0.1, -0.05) is 46.4 Å². The molecule has 2 aromatic carbocycles. The van der Waals surface area contributed by atoms with E-state index in [0.29, 0.717) is 27.1 Å². The molecule has 1 atom stereocenters. The van der Waals surface area contributed by atoms with Gasteiger partial charge < -0.3 is 5.73 Å². The average molecular weight is 403 g/mol. The Morgan fingerprint density at radius 1 is 0.875 bits per heavy atom. The molecule has 126 valence electrons. The van der Waals surface area contributed by atoms with E-state index in [1.807, 2.05) is 12.1 Å². The number of rotatable bonds is 0. The van der Waals surface area contributed by atoms with Crippen LogP contribution in [0.2, 0.25) is 20.1 Å². The van der Waals surface area contributed by atoms with Gasteiger partial charge in [0.2, 0.25) is 0 Å². The van der Waals surface area contributed by atoms with Crippen LogP contribution in [-0.2, 0) is 12.8 Å². The quantitative estimate of drug-likeness (QED) is 0.581. The van der Waals surface area contributed by atoms with E-state index in [0.717, 1.165) is 35.4 Å². The third-order valence-corrected chi connectivity index (χ3v) is 5.41. The van der Waals surface area contributed by atoms with Crippen LogP contribution in [-0.4, -0.2) is 5.78 Å². The number of ketones is 1. The van der Waals surface area contributed by atoms with E-state index in [-0.39, 0.29) is 11.8 Å². The molecule has 2 aromatic rings. The summed E-state index contributed by atoms with van der Waals surface area (Å²) in [5.41, 5.74) is 9.81. The Kier molecular flexibility index (Phi) is 5.43. The van der Waals surface area contributed by atoms with Gasteiger partial charge in [0, 0.05) is 33.1 Å². The average Bonchev–Trinajstić information content (AvgIpc) is 3.04. The molecule has 0 spiro atoms. The maximum absolute atomic E-state index is 11.3. The van der Waals surface area contributed by atoms with Crippen molar-refractivity contribution in [3.8, 4) is 0 Å². The second-order valence-electron chi connectivity index (χ2n) is 5.95. The zero-order valence-corrected chi connectivity index (χ0v) is 15.7. The molecule has 0 bridgehead atoms. The van der Waals surface area contributed by atoms with Crippen LogP contribution >= 0.6 is 46.4 Å². The summed E-state index contributed by atoms with van der Waals surface area (Å²) in [6.07, 6.45) is 3.30. The summed E-state index contributed by atoms with van der Waals surface area (Å²) in [6.45, 7) is 0. The van der Waals surface area contributed by atoms with Crippen molar-refractivity contribution >= 4 is 52.2 Å². The Balaban J connectivity index is 0.000000141. The van der Waals surface area contributed by atoms with Gasteiger partial charge in [0.25, 0.3) is 0 Å². The van der Waals surface area contributed by atoms with Crippen molar-refractivity contribution in [1.29, 1.82) is 0 Å². The van der Waals surface area contributed by atoms with Crippen LogP contribution in [0.25, 0.3) is 0 Å². The maximum atomic E-state index is 11.3.